The maximum atomic E-state index is 5.46. The van der Waals surface area contributed by atoms with Crippen LogP contribution in [0.15, 0.2) is 55.0 Å². The first-order chi connectivity index (χ1) is 12.2. The number of benzene rings is 2. The molecular weight excluding hydrogens is 314 g/mol. The molecule has 0 fully saturated rings. The number of aromatic nitrogens is 2. The maximum absolute atomic E-state index is 5.46. The van der Waals surface area contributed by atoms with Crippen molar-refractivity contribution in [2.45, 2.75) is 13.5 Å². The molecule has 25 heavy (non-hydrogen) atoms. The van der Waals surface area contributed by atoms with Crippen LogP contribution >= 0.6 is 0 Å². The summed E-state index contributed by atoms with van der Waals surface area (Å²) in [6.07, 6.45) is 3.39. The second kappa shape index (κ2) is 7.66. The number of rotatable bonds is 6. The topological polar surface area (TPSA) is 56.3 Å². The molecular formula is C20H21N3O2. The van der Waals surface area contributed by atoms with Crippen molar-refractivity contribution in [3.63, 3.8) is 0 Å². The predicted molar refractivity (Wildman–Crippen MR) is 99.1 cm³/mol. The van der Waals surface area contributed by atoms with Crippen LogP contribution in [0, 0.1) is 6.92 Å². The van der Waals surface area contributed by atoms with Gasteiger partial charge in [0.1, 0.15) is 23.6 Å². The van der Waals surface area contributed by atoms with E-state index in [9.17, 15) is 0 Å². The van der Waals surface area contributed by atoms with Crippen LogP contribution in [0.4, 0.5) is 5.82 Å². The lowest BCUT2D eigenvalue weighted by Gasteiger charge is -2.14. The molecule has 5 nitrogen and oxygen atoms in total. The standard InChI is InChI=1S/C20H21N3O2/c1-14-6-4-5-7-17(14)18-12-21-13-23-20(18)22-11-15-8-9-16(24-2)10-19(15)25-3/h4-10,12-13H,11H2,1-3H3,(H,21,22,23). The monoisotopic (exact) mass is 335 g/mol. The van der Waals surface area contributed by atoms with Crippen molar-refractivity contribution in [3.8, 4) is 22.6 Å². The Morgan fingerprint density at radius 2 is 1.84 bits per heavy atom. The fourth-order valence-electron chi connectivity index (χ4n) is 2.72. The van der Waals surface area contributed by atoms with Gasteiger partial charge in [-0.05, 0) is 30.2 Å². The average molecular weight is 335 g/mol. The molecule has 0 aliphatic rings. The fourth-order valence-corrected chi connectivity index (χ4v) is 2.72. The van der Waals surface area contributed by atoms with Crippen LogP contribution in [0.25, 0.3) is 11.1 Å². The lowest BCUT2D eigenvalue weighted by atomic mass is 10.0. The summed E-state index contributed by atoms with van der Waals surface area (Å²) in [5, 5.41) is 3.40. The Labute approximate surface area is 147 Å². The molecule has 1 N–H and O–H groups in total. The van der Waals surface area contributed by atoms with E-state index in [1.54, 1.807) is 20.5 Å². The molecule has 0 spiro atoms. The Morgan fingerprint density at radius 1 is 1.00 bits per heavy atom. The third kappa shape index (κ3) is 3.71. The quantitative estimate of drug-likeness (QED) is 0.735. The molecule has 0 unspecified atom stereocenters. The average Bonchev–Trinajstić information content (AvgIpc) is 2.67. The third-order valence-electron chi connectivity index (χ3n) is 4.09. The van der Waals surface area contributed by atoms with Gasteiger partial charge in [-0.1, -0.05) is 24.3 Å². The molecule has 0 aliphatic heterocycles. The second-order valence-electron chi connectivity index (χ2n) is 5.63. The van der Waals surface area contributed by atoms with Crippen molar-refractivity contribution < 1.29 is 9.47 Å². The van der Waals surface area contributed by atoms with Gasteiger partial charge in [0.25, 0.3) is 0 Å². The Hall–Kier alpha value is -3.08. The molecule has 3 aromatic rings. The molecule has 0 aliphatic carbocycles. The van der Waals surface area contributed by atoms with Crippen LogP contribution in [-0.4, -0.2) is 24.2 Å². The maximum Gasteiger partial charge on any atom is 0.137 e. The smallest absolute Gasteiger partial charge is 0.137 e. The predicted octanol–water partition coefficient (Wildman–Crippen LogP) is 4.08. The molecule has 0 bridgehead atoms. The van der Waals surface area contributed by atoms with Crippen LogP contribution in [0.5, 0.6) is 11.5 Å². The van der Waals surface area contributed by atoms with Gasteiger partial charge >= 0.3 is 0 Å². The summed E-state index contributed by atoms with van der Waals surface area (Å²) < 4.78 is 10.7. The minimum atomic E-state index is 0.586. The normalized spacial score (nSPS) is 10.4. The molecule has 0 atom stereocenters. The summed E-state index contributed by atoms with van der Waals surface area (Å²) in [5.41, 5.74) is 4.31. The van der Waals surface area contributed by atoms with E-state index < -0.39 is 0 Å². The number of nitrogens with one attached hydrogen (secondary N) is 1. The Balaban J connectivity index is 1.87. The number of methoxy groups -OCH3 is 2. The van der Waals surface area contributed by atoms with Crippen LogP contribution in [0.2, 0.25) is 0 Å². The van der Waals surface area contributed by atoms with Gasteiger partial charge in [-0.25, -0.2) is 9.97 Å². The van der Waals surface area contributed by atoms with Crippen LogP contribution < -0.4 is 14.8 Å². The summed E-state index contributed by atoms with van der Waals surface area (Å²) in [5.74, 6) is 2.34. The zero-order valence-corrected chi connectivity index (χ0v) is 14.6. The highest BCUT2D eigenvalue weighted by molar-refractivity contribution is 5.76. The van der Waals surface area contributed by atoms with E-state index in [0.717, 1.165) is 34.0 Å². The SMILES string of the molecule is COc1ccc(CNc2ncncc2-c2ccccc2C)c(OC)c1. The van der Waals surface area contributed by atoms with Crippen LogP contribution in [0.3, 0.4) is 0 Å². The minimum Gasteiger partial charge on any atom is -0.497 e. The van der Waals surface area contributed by atoms with E-state index in [2.05, 4.69) is 34.3 Å². The molecule has 2 aromatic carbocycles. The lowest BCUT2D eigenvalue weighted by Crippen LogP contribution is -2.05. The molecule has 0 saturated heterocycles. The van der Waals surface area contributed by atoms with Crippen molar-refractivity contribution in [3.05, 3.63) is 66.1 Å². The second-order valence-corrected chi connectivity index (χ2v) is 5.63. The molecule has 3 rings (SSSR count). The zero-order valence-electron chi connectivity index (χ0n) is 14.6. The summed E-state index contributed by atoms with van der Waals surface area (Å²) in [4.78, 5) is 8.59. The minimum absolute atomic E-state index is 0.586. The molecule has 128 valence electrons. The first-order valence-corrected chi connectivity index (χ1v) is 8.03. The van der Waals surface area contributed by atoms with E-state index >= 15 is 0 Å². The molecule has 0 radical (unpaired) electrons. The van der Waals surface area contributed by atoms with E-state index in [1.807, 2.05) is 36.5 Å². The molecule has 0 amide bonds. The zero-order chi connectivity index (χ0) is 17.6. The van der Waals surface area contributed by atoms with Gasteiger partial charge in [0, 0.05) is 29.9 Å². The van der Waals surface area contributed by atoms with Gasteiger partial charge in [-0.15, -0.1) is 0 Å². The largest absolute Gasteiger partial charge is 0.497 e. The lowest BCUT2D eigenvalue weighted by molar-refractivity contribution is 0.391. The summed E-state index contributed by atoms with van der Waals surface area (Å²) >= 11 is 0. The number of anilines is 1. The number of aryl methyl sites for hydroxylation is 1. The van der Waals surface area contributed by atoms with Crippen molar-refractivity contribution >= 4 is 5.82 Å². The van der Waals surface area contributed by atoms with Gasteiger partial charge in [0.2, 0.25) is 0 Å². The highest BCUT2D eigenvalue weighted by Crippen LogP contribution is 2.29. The first kappa shape index (κ1) is 16.8. The Kier molecular flexibility index (Phi) is 5.14. The van der Waals surface area contributed by atoms with Gasteiger partial charge in [-0.3, -0.25) is 0 Å². The number of nitrogens with zero attached hydrogens (tertiary/aromatic N) is 2. The van der Waals surface area contributed by atoms with Crippen LogP contribution in [0.1, 0.15) is 11.1 Å². The van der Waals surface area contributed by atoms with Crippen molar-refractivity contribution in [1.82, 2.24) is 9.97 Å². The fraction of sp³-hybridized carbons (Fsp3) is 0.200. The highest BCUT2D eigenvalue weighted by atomic mass is 16.5. The van der Waals surface area contributed by atoms with Gasteiger partial charge in [-0.2, -0.15) is 0 Å². The van der Waals surface area contributed by atoms with Crippen LogP contribution in [-0.2, 0) is 6.54 Å². The summed E-state index contributed by atoms with van der Waals surface area (Å²) in [6, 6.07) is 14.0. The third-order valence-corrected chi connectivity index (χ3v) is 4.09. The van der Waals surface area contributed by atoms with Gasteiger partial charge in [0.15, 0.2) is 0 Å². The van der Waals surface area contributed by atoms with E-state index in [1.165, 1.54) is 5.56 Å². The van der Waals surface area contributed by atoms with E-state index in [-0.39, 0.29) is 0 Å². The Bertz CT molecular complexity index is 865. The highest BCUT2D eigenvalue weighted by Gasteiger charge is 2.10. The Morgan fingerprint density at radius 3 is 2.60 bits per heavy atom. The summed E-state index contributed by atoms with van der Waals surface area (Å²) in [7, 11) is 3.30. The van der Waals surface area contributed by atoms with Gasteiger partial charge < -0.3 is 14.8 Å². The number of hydrogen-bond donors (Lipinski definition) is 1. The first-order valence-electron chi connectivity index (χ1n) is 8.03. The number of hydrogen-bond acceptors (Lipinski definition) is 5. The van der Waals surface area contributed by atoms with E-state index in [0.29, 0.717) is 6.54 Å². The van der Waals surface area contributed by atoms with Gasteiger partial charge in [0.05, 0.1) is 14.2 Å². The van der Waals surface area contributed by atoms with Crippen molar-refractivity contribution in [1.29, 1.82) is 0 Å². The molecule has 0 saturated carbocycles. The molecule has 5 heteroatoms. The number of ether oxygens (including phenoxy) is 2. The van der Waals surface area contributed by atoms with Crippen molar-refractivity contribution in [2.24, 2.45) is 0 Å². The molecule has 1 aromatic heterocycles. The van der Waals surface area contributed by atoms with E-state index in [4.69, 9.17) is 9.47 Å². The molecule has 1 heterocycles. The van der Waals surface area contributed by atoms with Crippen molar-refractivity contribution in [2.75, 3.05) is 19.5 Å². The summed E-state index contributed by atoms with van der Waals surface area (Å²) in [6.45, 7) is 2.67.